The summed E-state index contributed by atoms with van der Waals surface area (Å²) in [5, 5.41) is 3.08. The molecule has 7 heteroatoms. The van der Waals surface area contributed by atoms with E-state index in [0.717, 1.165) is 17.7 Å². The van der Waals surface area contributed by atoms with Crippen molar-refractivity contribution in [3.05, 3.63) is 73.8 Å². The maximum absolute atomic E-state index is 11.3. The first-order chi connectivity index (χ1) is 13.1. The van der Waals surface area contributed by atoms with Crippen LogP contribution >= 0.6 is 0 Å². The van der Waals surface area contributed by atoms with Gasteiger partial charge in [-0.2, -0.15) is 0 Å². The van der Waals surface area contributed by atoms with Gasteiger partial charge in [0, 0.05) is 29.2 Å². The number of carbonyl (C=O) groups is 2. The average molecular weight is 365 g/mol. The molecule has 2 aromatic carbocycles. The molecule has 1 heterocycles. The molecule has 0 saturated heterocycles. The Kier molecular flexibility index (Phi) is 5.22. The standard InChI is InChI=1S/C20H15NO6/c1-3-19(22)24-15-8-5-13(6-9-15)17-11-14-7-10-16(25-20(23)4-2)12-18(14)27-21-26-17/h3-12,21H,1-2H2. The Morgan fingerprint density at radius 1 is 0.852 bits per heavy atom. The highest BCUT2D eigenvalue weighted by atomic mass is 16.7. The number of fused-ring (bicyclic) bond motifs is 1. The lowest BCUT2D eigenvalue weighted by atomic mass is 10.1. The molecule has 0 aliphatic rings. The molecule has 1 aromatic heterocycles. The summed E-state index contributed by atoms with van der Waals surface area (Å²) in [6, 6.07) is 13.4. The molecule has 3 rings (SSSR count). The van der Waals surface area contributed by atoms with E-state index >= 15 is 0 Å². The fourth-order valence-corrected chi connectivity index (χ4v) is 2.21. The van der Waals surface area contributed by atoms with Crippen molar-refractivity contribution in [2.24, 2.45) is 0 Å². The van der Waals surface area contributed by atoms with Crippen LogP contribution in [0.5, 0.6) is 11.5 Å². The molecule has 0 amide bonds. The molecule has 0 aliphatic carbocycles. The van der Waals surface area contributed by atoms with E-state index < -0.39 is 11.9 Å². The van der Waals surface area contributed by atoms with Crippen LogP contribution in [-0.4, -0.2) is 17.3 Å². The zero-order valence-electron chi connectivity index (χ0n) is 14.1. The largest absolute Gasteiger partial charge is 0.423 e. The first-order valence-electron chi connectivity index (χ1n) is 7.82. The molecule has 0 radical (unpaired) electrons. The Labute approximate surface area is 153 Å². The van der Waals surface area contributed by atoms with Crippen LogP contribution in [0, 0.1) is 0 Å². The van der Waals surface area contributed by atoms with E-state index in [4.69, 9.17) is 18.5 Å². The first-order valence-corrected chi connectivity index (χ1v) is 7.82. The SMILES string of the molecule is C=CC(=O)Oc1ccc(-c2cc3ccc(OC(=O)C=C)cc3o[nH]o2)cc1. The number of rotatable bonds is 5. The Bertz CT molecular complexity index is 1050. The van der Waals surface area contributed by atoms with Crippen molar-refractivity contribution in [2.75, 3.05) is 0 Å². The van der Waals surface area contributed by atoms with Crippen LogP contribution in [0.15, 0.2) is 82.9 Å². The van der Waals surface area contributed by atoms with E-state index in [-0.39, 0.29) is 0 Å². The van der Waals surface area contributed by atoms with Gasteiger partial charge >= 0.3 is 11.9 Å². The summed E-state index contributed by atoms with van der Waals surface area (Å²) < 4.78 is 20.8. The van der Waals surface area contributed by atoms with Crippen molar-refractivity contribution >= 4 is 22.9 Å². The van der Waals surface area contributed by atoms with Crippen molar-refractivity contribution < 1.29 is 28.1 Å². The molecule has 3 aromatic rings. The number of H-pyrrole nitrogens is 1. The number of aromatic amines is 1. The monoisotopic (exact) mass is 365 g/mol. The average Bonchev–Trinajstić information content (AvgIpc) is 2.90. The summed E-state index contributed by atoms with van der Waals surface area (Å²) in [4.78, 5) is 22.5. The smallest absolute Gasteiger partial charge is 0.335 e. The predicted octanol–water partition coefficient (Wildman–Crippen LogP) is 4.33. The molecule has 0 unspecified atom stereocenters. The molecular formula is C20H15NO6. The van der Waals surface area contributed by atoms with E-state index in [9.17, 15) is 9.59 Å². The lowest BCUT2D eigenvalue weighted by Crippen LogP contribution is -2.02. The van der Waals surface area contributed by atoms with Gasteiger partial charge in [0.15, 0.2) is 11.3 Å². The third-order valence-corrected chi connectivity index (χ3v) is 3.48. The second kappa shape index (κ2) is 7.92. The van der Waals surface area contributed by atoms with Crippen molar-refractivity contribution in [2.45, 2.75) is 0 Å². The fourth-order valence-electron chi connectivity index (χ4n) is 2.21. The lowest BCUT2D eigenvalue weighted by Gasteiger charge is -2.02. The van der Waals surface area contributed by atoms with Gasteiger partial charge in [-0.05, 0) is 42.5 Å². The van der Waals surface area contributed by atoms with E-state index in [1.165, 1.54) is 0 Å². The zero-order valence-corrected chi connectivity index (χ0v) is 14.1. The first kappa shape index (κ1) is 17.8. The van der Waals surface area contributed by atoms with Crippen molar-refractivity contribution in [1.82, 2.24) is 5.33 Å². The quantitative estimate of drug-likeness (QED) is 0.411. The van der Waals surface area contributed by atoms with Crippen molar-refractivity contribution in [3.8, 4) is 22.8 Å². The van der Waals surface area contributed by atoms with Gasteiger partial charge in [0.25, 0.3) is 0 Å². The highest BCUT2D eigenvalue weighted by Crippen LogP contribution is 2.26. The number of hydrogen-bond donors (Lipinski definition) is 1. The van der Waals surface area contributed by atoms with Crippen LogP contribution in [0.2, 0.25) is 0 Å². The number of ether oxygens (including phenoxy) is 2. The van der Waals surface area contributed by atoms with Gasteiger partial charge in [-0.3, -0.25) is 0 Å². The van der Waals surface area contributed by atoms with Gasteiger partial charge in [0.1, 0.15) is 11.5 Å². The summed E-state index contributed by atoms with van der Waals surface area (Å²) in [5.74, 6) is 0.0684. The van der Waals surface area contributed by atoms with Crippen LogP contribution in [0.25, 0.3) is 22.3 Å². The minimum Gasteiger partial charge on any atom is -0.423 e. The Hall–Kier alpha value is -4.00. The van der Waals surface area contributed by atoms with E-state index in [1.807, 2.05) is 0 Å². The van der Waals surface area contributed by atoms with Crippen molar-refractivity contribution in [3.63, 3.8) is 0 Å². The zero-order chi connectivity index (χ0) is 19.2. The van der Waals surface area contributed by atoms with Crippen LogP contribution in [0.1, 0.15) is 0 Å². The molecule has 0 saturated carbocycles. The minimum absolute atomic E-state index is 0.311. The molecule has 7 nitrogen and oxygen atoms in total. The van der Waals surface area contributed by atoms with Gasteiger partial charge < -0.3 is 18.5 Å². The highest BCUT2D eigenvalue weighted by Gasteiger charge is 2.07. The van der Waals surface area contributed by atoms with Gasteiger partial charge in [-0.1, -0.05) is 18.5 Å². The summed E-state index contributed by atoms with van der Waals surface area (Å²) >= 11 is 0. The maximum atomic E-state index is 11.3. The molecule has 0 aliphatic heterocycles. The minimum atomic E-state index is -0.568. The second-order valence-corrected chi connectivity index (χ2v) is 5.27. The normalized spacial score (nSPS) is 10.1. The van der Waals surface area contributed by atoms with Gasteiger partial charge in [-0.15, -0.1) is 0 Å². The third kappa shape index (κ3) is 4.35. The molecule has 0 spiro atoms. The number of aromatic nitrogens is 1. The number of carbonyl (C=O) groups excluding carboxylic acids is 2. The lowest BCUT2D eigenvalue weighted by molar-refractivity contribution is -0.129. The molecular weight excluding hydrogens is 350 g/mol. The predicted molar refractivity (Wildman–Crippen MR) is 97.6 cm³/mol. The number of benzene rings is 2. The number of esters is 2. The summed E-state index contributed by atoms with van der Waals surface area (Å²) in [7, 11) is 0. The topological polar surface area (TPSA) is 94.7 Å². The summed E-state index contributed by atoms with van der Waals surface area (Å²) in [6.07, 6.45) is 2.16. The molecule has 27 heavy (non-hydrogen) atoms. The van der Waals surface area contributed by atoms with Gasteiger partial charge in [0.05, 0.1) is 0 Å². The molecule has 136 valence electrons. The highest BCUT2D eigenvalue weighted by molar-refractivity contribution is 5.85. The molecule has 0 atom stereocenters. The molecule has 1 N–H and O–H groups in total. The van der Waals surface area contributed by atoms with E-state index in [0.29, 0.717) is 28.2 Å². The van der Waals surface area contributed by atoms with Gasteiger partial charge in [-0.25, -0.2) is 9.59 Å². The van der Waals surface area contributed by atoms with Gasteiger partial charge in [0.2, 0.25) is 0 Å². The number of nitrogens with one attached hydrogen (secondary N) is 1. The van der Waals surface area contributed by atoms with E-state index in [1.54, 1.807) is 48.5 Å². The van der Waals surface area contributed by atoms with Crippen LogP contribution < -0.4 is 9.47 Å². The van der Waals surface area contributed by atoms with Crippen LogP contribution in [0.3, 0.4) is 0 Å². The Morgan fingerprint density at radius 3 is 2.15 bits per heavy atom. The Balaban J connectivity index is 1.92. The molecule has 0 fully saturated rings. The summed E-state index contributed by atoms with van der Waals surface area (Å²) in [6.45, 7) is 6.70. The number of hydrogen-bond acceptors (Lipinski definition) is 6. The third-order valence-electron chi connectivity index (χ3n) is 3.48. The van der Waals surface area contributed by atoms with Crippen LogP contribution in [-0.2, 0) is 9.59 Å². The summed E-state index contributed by atoms with van der Waals surface area (Å²) in [5.41, 5.74) is 1.13. The Morgan fingerprint density at radius 2 is 1.48 bits per heavy atom. The second-order valence-electron chi connectivity index (χ2n) is 5.27. The molecule has 0 bridgehead atoms. The maximum Gasteiger partial charge on any atom is 0.335 e. The van der Waals surface area contributed by atoms with Crippen molar-refractivity contribution in [1.29, 1.82) is 0 Å². The van der Waals surface area contributed by atoms with E-state index in [2.05, 4.69) is 18.5 Å². The fraction of sp³-hybridized carbons (Fsp3) is 0. The van der Waals surface area contributed by atoms with Crippen LogP contribution in [0.4, 0.5) is 0 Å².